The lowest BCUT2D eigenvalue weighted by Crippen LogP contribution is -2.30. The van der Waals surface area contributed by atoms with Gasteiger partial charge in [-0.15, -0.1) is 0 Å². The van der Waals surface area contributed by atoms with Crippen molar-refractivity contribution in [2.24, 2.45) is 0 Å². The molecule has 100 valence electrons. The summed E-state index contributed by atoms with van der Waals surface area (Å²) in [5.74, 6) is 0. The summed E-state index contributed by atoms with van der Waals surface area (Å²) >= 11 is 0. The zero-order chi connectivity index (χ0) is 12.6. The molecule has 0 aliphatic carbocycles. The van der Waals surface area contributed by atoms with Gasteiger partial charge in [0.05, 0.1) is 0 Å². The van der Waals surface area contributed by atoms with Gasteiger partial charge in [0.15, 0.2) is 0 Å². The molecule has 0 radical (unpaired) electrons. The molecule has 18 heavy (non-hydrogen) atoms. The predicted octanol–water partition coefficient (Wildman–Crippen LogP) is 2.32. The molecule has 1 atom stereocenters. The zero-order valence-electron chi connectivity index (χ0n) is 11.2. The van der Waals surface area contributed by atoms with Crippen LogP contribution in [-0.4, -0.2) is 33.5 Å². The molecule has 0 fully saturated rings. The third-order valence-electron chi connectivity index (χ3n) is 3.40. The van der Waals surface area contributed by atoms with Crippen molar-refractivity contribution in [1.29, 1.82) is 0 Å². The fourth-order valence-corrected chi connectivity index (χ4v) is 2.46. The van der Waals surface area contributed by atoms with Crippen molar-refractivity contribution in [3.63, 3.8) is 0 Å². The van der Waals surface area contributed by atoms with Gasteiger partial charge in [-0.25, -0.2) is 0 Å². The van der Waals surface area contributed by atoms with Gasteiger partial charge in [-0.1, -0.05) is 24.3 Å². The van der Waals surface area contributed by atoms with Gasteiger partial charge in [-0.2, -0.15) is 0 Å². The summed E-state index contributed by atoms with van der Waals surface area (Å²) in [6.45, 7) is 3.47. The summed E-state index contributed by atoms with van der Waals surface area (Å²) in [4.78, 5) is 0. The molecular weight excluding hydrogens is 226 g/mol. The Kier molecular flexibility index (Phi) is 5.65. The quantitative estimate of drug-likeness (QED) is 0.752. The highest BCUT2D eigenvalue weighted by Gasteiger charge is 2.18. The number of rotatable bonds is 7. The molecule has 0 saturated heterocycles. The fraction of sp³-hybridized carbons (Fsp3) is 0.600. The molecule has 0 aromatic heterocycles. The third-order valence-corrected chi connectivity index (χ3v) is 3.40. The average Bonchev–Trinajstić information content (AvgIpc) is 2.43. The van der Waals surface area contributed by atoms with E-state index in [1.807, 2.05) is 0 Å². The van der Waals surface area contributed by atoms with Crippen LogP contribution in [0.2, 0.25) is 0 Å². The number of hydrogen-bond acceptors (Lipinski definition) is 3. The van der Waals surface area contributed by atoms with E-state index in [2.05, 4.69) is 29.6 Å². The first-order valence-corrected chi connectivity index (χ1v) is 6.79. The molecule has 0 spiro atoms. The van der Waals surface area contributed by atoms with E-state index < -0.39 is 0 Å². The highest BCUT2D eigenvalue weighted by molar-refractivity contribution is 5.32. The molecular formula is C15H23NO2. The molecule has 1 aliphatic rings. The van der Waals surface area contributed by atoms with Crippen molar-refractivity contribution in [3.05, 3.63) is 35.4 Å². The summed E-state index contributed by atoms with van der Waals surface area (Å²) in [6.07, 6.45) is 3.16. The normalized spacial score (nSPS) is 18.6. The minimum absolute atomic E-state index is 0.456. The van der Waals surface area contributed by atoms with Crippen molar-refractivity contribution >= 4 is 0 Å². The van der Waals surface area contributed by atoms with E-state index in [-0.39, 0.29) is 0 Å². The Hall–Kier alpha value is -0.900. The largest absolute Gasteiger partial charge is 0.385 e. The van der Waals surface area contributed by atoms with E-state index >= 15 is 0 Å². The smallest absolute Gasteiger partial charge is 0.0487 e. The predicted molar refractivity (Wildman–Crippen MR) is 72.8 cm³/mol. The Balaban J connectivity index is 1.74. The van der Waals surface area contributed by atoms with Gasteiger partial charge in [0, 0.05) is 33.0 Å². The maximum Gasteiger partial charge on any atom is 0.0487 e. The summed E-state index contributed by atoms with van der Waals surface area (Å²) in [7, 11) is 1.73. The van der Waals surface area contributed by atoms with Gasteiger partial charge in [-0.3, -0.25) is 0 Å². The number of methoxy groups -OCH3 is 1. The van der Waals surface area contributed by atoms with Crippen LogP contribution in [0.4, 0.5) is 0 Å². The van der Waals surface area contributed by atoms with Crippen LogP contribution in [0.15, 0.2) is 24.3 Å². The van der Waals surface area contributed by atoms with Crippen LogP contribution in [0.1, 0.15) is 30.0 Å². The van der Waals surface area contributed by atoms with E-state index in [1.54, 1.807) is 7.11 Å². The number of fused-ring (bicyclic) bond motifs is 1. The second-order valence-electron chi connectivity index (χ2n) is 4.70. The number of nitrogens with one attached hydrogen (secondary N) is 1. The minimum atomic E-state index is 0.456. The lowest BCUT2D eigenvalue weighted by atomic mass is 9.93. The monoisotopic (exact) mass is 249 g/mol. The highest BCUT2D eigenvalue weighted by Crippen LogP contribution is 2.24. The first kappa shape index (κ1) is 13.5. The van der Waals surface area contributed by atoms with Crippen LogP contribution in [0.5, 0.6) is 0 Å². The van der Waals surface area contributed by atoms with E-state index in [1.165, 1.54) is 11.1 Å². The third kappa shape index (κ3) is 3.80. The number of hydrogen-bond donors (Lipinski definition) is 1. The van der Waals surface area contributed by atoms with E-state index in [9.17, 15) is 0 Å². The topological polar surface area (TPSA) is 30.5 Å². The van der Waals surface area contributed by atoms with Gasteiger partial charge in [0.25, 0.3) is 0 Å². The van der Waals surface area contributed by atoms with Crippen molar-refractivity contribution < 1.29 is 9.47 Å². The lowest BCUT2D eigenvalue weighted by molar-refractivity contribution is 0.0960. The molecule has 0 saturated carbocycles. The van der Waals surface area contributed by atoms with Crippen molar-refractivity contribution in [3.8, 4) is 0 Å². The highest BCUT2D eigenvalue weighted by atomic mass is 16.5. The summed E-state index contributed by atoms with van der Waals surface area (Å²) in [5.41, 5.74) is 2.94. The minimum Gasteiger partial charge on any atom is -0.385 e. The second-order valence-corrected chi connectivity index (χ2v) is 4.70. The first-order valence-electron chi connectivity index (χ1n) is 6.79. The maximum atomic E-state index is 5.63. The molecule has 0 bridgehead atoms. The molecule has 1 N–H and O–H groups in total. The van der Waals surface area contributed by atoms with Crippen LogP contribution >= 0.6 is 0 Å². The van der Waals surface area contributed by atoms with Crippen molar-refractivity contribution in [1.82, 2.24) is 5.32 Å². The Bertz CT molecular complexity index is 354. The molecule has 0 amide bonds. The molecule has 1 unspecified atom stereocenters. The second kappa shape index (κ2) is 7.52. The summed E-state index contributed by atoms with van der Waals surface area (Å²) < 4.78 is 10.6. The number of benzene rings is 1. The molecule has 3 heteroatoms. The summed E-state index contributed by atoms with van der Waals surface area (Å²) in [6, 6.07) is 9.18. The van der Waals surface area contributed by atoms with Gasteiger partial charge in [0.2, 0.25) is 0 Å². The molecule has 1 aromatic carbocycles. The van der Waals surface area contributed by atoms with Crippen LogP contribution in [0, 0.1) is 0 Å². The van der Waals surface area contributed by atoms with E-state index in [0.717, 1.165) is 45.6 Å². The Morgan fingerprint density at radius 2 is 2.11 bits per heavy atom. The molecule has 1 aliphatic heterocycles. The van der Waals surface area contributed by atoms with Crippen molar-refractivity contribution in [2.75, 3.05) is 33.5 Å². The maximum absolute atomic E-state index is 5.63. The first-order chi connectivity index (χ1) is 8.92. The van der Waals surface area contributed by atoms with Crippen LogP contribution in [0.3, 0.4) is 0 Å². The zero-order valence-corrected chi connectivity index (χ0v) is 11.2. The Labute approximate surface area is 109 Å². The average molecular weight is 249 g/mol. The van der Waals surface area contributed by atoms with Gasteiger partial charge in [-0.05, 0) is 36.9 Å². The van der Waals surface area contributed by atoms with E-state index in [0.29, 0.717) is 6.04 Å². The van der Waals surface area contributed by atoms with Gasteiger partial charge < -0.3 is 14.8 Å². The molecule has 2 rings (SSSR count). The summed E-state index contributed by atoms with van der Waals surface area (Å²) in [5, 5.41) is 3.57. The number of ether oxygens (including phenoxy) is 2. The lowest BCUT2D eigenvalue weighted by Gasteiger charge is -2.26. The molecule has 1 aromatic rings. The fourth-order valence-electron chi connectivity index (χ4n) is 2.46. The van der Waals surface area contributed by atoms with Gasteiger partial charge in [0.1, 0.15) is 0 Å². The van der Waals surface area contributed by atoms with Crippen LogP contribution < -0.4 is 5.32 Å². The van der Waals surface area contributed by atoms with E-state index in [4.69, 9.17) is 9.47 Å². The van der Waals surface area contributed by atoms with Crippen LogP contribution in [0.25, 0.3) is 0 Å². The Morgan fingerprint density at radius 1 is 1.22 bits per heavy atom. The van der Waals surface area contributed by atoms with Crippen molar-refractivity contribution in [2.45, 2.75) is 25.3 Å². The Morgan fingerprint density at radius 3 is 3.00 bits per heavy atom. The standard InChI is InChI=1S/C15H23NO2/c1-17-10-4-11-18-12-8-15-14-6-3-2-5-13(14)7-9-16-15/h2-3,5-6,15-16H,4,7-12H2,1H3. The molecule has 1 heterocycles. The van der Waals surface area contributed by atoms with Gasteiger partial charge >= 0.3 is 0 Å². The SMILES string of the molecule is COCCCOCCC1NCCc2ccccc21. The molecule has 3 nitrogen and oxygen atoms in total. The van der Waals surface area contributed by atoms with Crippen LogP contribution in [-0.2, 0) is 15.9 Å².